The van der Waals surface area contributed by atoms with Gasteiger partial charge in [-0.2, -0.15) is 0 Å². The van der Waals surface area contributed by atoms with Crippen LogP contribution in [-0.4, -0.2) is 35.0 Å². The van der Waals surface area contributed by atoms with Gasteiger partial charge < -0.3 is 10.8 Å². The predicted molar refractivity (Wildman–Crippen MR) is 72.3 cm³/mol. The highest BCUT2D eigenvalue weighted by atomic mass is 35.5. The van der Waals surface area contributed by atoms with Crippen LogP contribution in [0.1, 0.15) is 25.5 Å². The van der Waals surface area contributed by atoms with Gasteiger partial charge in [-0.3, -0.25) is 9.69 Å². The van der Waals surface area contributed by atoms with Crippen molar-refractivity contribution in [3.63, 3.8) is 0 Å². The Bertz CT molecular complexity index is 392. The highest BCUT2D eigenvalue weighted by molar-refractivity contribution is 6.30. The Balaban J connectivity index is 2.68. The van der Waals surface area contributed by atoms with Crippen molar-refractivity contribution in [3.8, 4) is 0 Å². The first-order valence-corrected chi connectivity index (χ1v) is 6.24. The second kappa shape index (κ2) is 6.73. The van der Waals surface area contributed by atoms with Crippen LogP contribution in [0.2, 0.25) is 5.02 Å². The van der Waals surface area contributed by atoms with Crippen LogP contribution >= 0.6 is 11.6 Å². The molecule has 100 valence electrons. The molecule has 1 rings (SSSR count). The number of nitrogens with two attached hydrogens (primary N) is 1. The number of carbonyl (C=O) groups is 1. The summed E-state index contributed by atoms with van der Waals surface area (Å²) in [4.78, 5) is 12.8. The summed E-state index contributed by atoms with van der Waals surface area (Å²) in [5.74, 6) is -0.396. The van der Waals surface area contributed by atoms with Gasteiger partial charge in [0.2, 0.25) is 5.91 Å². The van der Waals surface area contributed by atoms with Crippen LogP contribution in [0.3, 0.4) is 0 Å². The minimum absolute atomic E-state index is 0.138. The molecule has 1 aromatic carbocycles. The van der Waals surface area contributed by atoms with Gasteiger partial charge in [0.15, 0.2) is 0 Å². The summed E-state index contributed by atoms with van der Waals surface area (Å²) in [7, 11) is 0. The van der Waals surface area contributed by atoms with E-state index in [2.05, 4.69) is 0 Å². The number of rotatable bonds is 6. The molecular formula is C13H19ClN2O2. The summed E-state index contributed by atoms with van der Waals surface area (Å²) < 4.78 is 0. The lowest BCUT2D eigenvalue weighted by atomic mass is 10.1. The summed E-state index contributed by atoms with van der Waals surface area (Å²) in [5, 5.41) is 10.7. The van der Waals surface area contributed by atoms with Crippen LogP contribution in [0.4, 0.5) is 0 Å². The Labute approximate surface area is 112 Å². The van der Waals surface area contributed by atoms with Gasteiger partial charge >= 0.3 is 0 Å². The molecule has 4 nitrogen and oxygen atoms in total. The first-order valence-electron chi connectivity index (χ1n) is 5.86. The Kier molecular flexibility index (Phi) is 5.59. The molecule has 1 atom stereocenters. The number of aliphatic hydroxyl groups excluding tert-OH is 1. The minimum Gasteiger partial charge on any atom is -0.387 e. The number of aliphatic hydroxyl groups is 1. The van der Waals surface area contributed by atoms with Crippen LogP contribution in [-0.2, 0) is 4.79 Å². The SMILES string of the molecule is CC(C)N(CC(N)=O)CC(O)c1ccc(Cl)cc1. The average molecular weight is 271 g/mol. The molecule has 0 aliphatic rings. The molecule has 18 heavy (non-hydrogen) atoms. The fourth-order valence-corrected chi connectivity index (χ4v) is 1.80. The van der Waals surface area contributed by atoms with Gasteiger partial charge in [0, 0.05) is 17.6 Å². The van der Waals surface area contributed by atoms with Crippen molar-refractivity contribution in [1.29, 1.82) is 0 Å². The average Bonchev–Trinajstić information content (AvgIpc) is 2.28. The third kappa shape index (κ3) is 4.64. The van der Waals surface area contributed by atoms with Crippen LogP contribution in [0, 0.1) is 0 Å². The van der Waals surface area contributed by atoms with Gasteiger partial charge in [-0.25, -0.2) is 0 Å². The monoisotopic (exact) mass is 270 g/mol. The van der Waals surface area contributed by atoms with E-state index < -0.39 is 12.0 Å². The lowest BCUT2D eigenvalue weighted by Gasteiger charge is -2.27. The second-order valence-corrected chi connectivity index (χ2v) is 4.99. The van der Waals surface area contributed by atoms with Gasteiger partial charge in [0.05, 0.1) is 12.6 Å². The maximum atomic E-state index is 11.0. The van der Waals surface area contributed by atoms with Crippen molar-refractivity contribution < 1.29 is 9.90 Å². The van der Waals surface area contributed by atoms with E-state index in [-0.39, 0.29) is 12.6 Å². The molecule has 1 unspecified atom stereocenters. The van der Waals surface area contributed by atoms with E-state index in [1.165, 1.54) is 0 Å². The number of amides is 1. The normalized spacial score (nSPS) is 13.0. The van der Waals surface area contributed by atoms with Gasteiger partial charge in [-0.05, 0) is 31.5 Å². The predicted octanol–water partition coefficient (Wildman–Crippen LogP) is 1.57. The zero-order valence-corrected chi connectivity index (χ0v) is 11.4. The molecule has 0 aromatic heterocycles. The van der Waals surface area contributed by atoms with Crippen molar-refractivity contribution in [2.45, 2.75) is 26.0 Å². The summed E-state index contributed by atoms with van der Waals surface area (Å²) >= 11 is 5.79. The number of halogens is 1. The number of primary amides is 1. The molecule has 0 saturated carbocycles. The zero-order chi connectivity index (χ0) is 13.7. The number of carbonyl (C=O) groups excluding carboxylic acids is 1. The highest BCUT2D eigenvalue weighted by Crippen LogP contribution is 2.18. The minimum atomic E-state index is -0.663. The molecule has 1 aromatic rings. The molecule has 0 aliphatic heterocycles. The number of nitrogens with zero attached hydrogens (tertiary/aromatic N) is 1. The van der Waals surface area contributed by atoms with Crippen molar-refractivity contribution in [1.82, 2.24) is 4.90 Å². The van der Waals surface area contributed by atoms with E-state index in [0.29, 0.717) is 11.6 Å². The van der Waals surface area contributed by atoms with Gasteiger partial charge in [0.25, 0.3) is 0 Å². The van der Waals surface area contributed by atoms with Crippen LogP contribution in [0.25, 0.3) is 0 Å². The molecule has 0 radical (unpaired) electrons. The third-order valence-corrected chi connectivity index (χ3v) is 3.00. The molecule has 0 spiro atoms. The van der Waals surface area contributed by atoms with E-state index >= 15 is 0 Å². The smallest absolute Gasteiger partial charge is 0.231 e. The molecule has 0 fully saturated rings. The van der Waals surface area contributed by atoms with Gasteiger partial charge in [0.1, 0.15) is 0 Å². The Morgan fingerprint density at radius 1 is 1.39 bits per heavy atom. The van der Waals surface area contributed by atoms with Gasteiger partial charge in [-0.15, -0.1) is 0 Å². The molecule has 5 heteroatoms. The third-order valence-electron chi connectivity index (χ3n) is 2.75. The van der Waals surface area contributed by atoms with Crippen molar-refractivity contribution in [2.24, 2.45) is 5.73 Å². The quantitative estimate of drug-likeness (QED) is 0.825. The summed E-state index contributed by atoms with van der Waals surface area (Å²) in [6.45, 7) is 4.42. The fourth-order valence-electron chi connectivity index (χ4n) is 1.67. The summed E-state index contributed by atoms with van der Waals surface area (Å²) in [6.07, 6.45) is -0.663. The van der Waals surface area contributed by atoms with E-state index in [1.54, 1.807) is 24.3 Å². The molecule has 0 aliphatic carbocycles. The van der Waals surface area contributed by atoms with Crippen LogP contribution < -0.4 is 5.73 Å². The van der Waals surface area contributed by atoms with E-state index in [9.17, 15) is 9.90 Å². The second-order valence-electron chi connectivity index (χ2n) is 4.56. The van der Waals surface area contributed by atoms with Crippen molar-refractivity contribution in [2.75, 3.05) is 13.1 Å². The molecule has 0 saturated heterocycles. The maximum absolute atomic E-state index is 11.0. The van der Waals surface area contributed by atoms with Crippen LogP contribution in [0.5, 0.6) is 0 Å². The first-order chi connectivity index (χ1) is 8.40. The maximum Gasteiger partial charge on any atom is 0.231 e. The highest BCUT2D eigenvalue weighted by Gasteiger charge is 2.17. The fraction of sp³-hybridized carbons (Fsp3) is 0.462. The zero-order valence-electron chi connectivity index (χ0n) is 10.6. The van der Waals surface area contributed by atoms with Crippen molar-refractivity contribution in [3.05, 3.63) is 34.9 Å². The summed E-state index contributed by atoms with van der Waals surface area (Å²) in [6, 6.07) is 7.15. The number of benzene rings is 1. The Hall–Kier alpha value is -1.10. The number of hydrogen-bond donors (Lipinski definition) is 2. The standard InChI is InChI=1S/C13H19ClN2O2/c1-9(2)16(8-13(15)18)7-12(17)10-3-5-11(14)6-4-10/h3-6,9,12,17H,7-8H2,1-2H3,(H2,15,18). The van der Waals surface area contributed by atoms with Gasteiger partial charge in [-0.1, -0.05) is 23.7 Å². The molecule has 0 bridgehead atoms. The van der Waals surface area contributed by atoms with E-state index in [4.69, 9.17) is 17.3 Å². The lowest BCUT2D eigenvalue weighted by molar-refractivity contribution is -0.119. The van der Waals surface area contributed by atoms with E-state index in [0.717, 1.165) is 5.56 Å². The molecule has 3 N–H and O–H groups in total. The summed E-state index contributed by atoms with van der Waals surface area (Å²) in [5.41, 5.74) is 5.96. The molecular weight excluding hydrogens is 252 g/mol. The van der Waals surface area contributed by atoms with Crippen molar-refractivity contribution >= 4 is 17.5 Å². The van der Waals surface area contributed by atoms with E-state index in [1.807, 2.05) is 18.7 Å². The van der Waals surface area contributed by atoms with Crippen LogP contribution in [0.15, 0.2) is 24.3 Å². The Morgan fingerprint density at radius 3 is 2.39 bits per heavy atom. The Morgan fingerprint density at radius 2 is 1.94 bits per heavy atom. The largest absolute Gasteiger partial charge is 0.387 e. The number of hydrogen-bond acceptors (Lipinski definition) is 3. The first kappa shape index (κ1) is 15.0. The molecule has 1 amide bonds. The topological polar surface area (TPSA) is 66.6 Å². The molecule has 0 heterocycles. The lowest BCUT2D eigenvalue weighted by Crippen LogP contribution is -2.40.